The van der Waals surface area contributed by atoms with E-state index in [9.17, 15) is 9.50 Å². The molecular weight excluding hydrogens is 273 g/mol. The minimum atomic E-state index is -0.594. The summed E-state index contributed by atoms with van der Waals surface area (Å²) in [5.74, 6) is -0.688. The van der Waals surface area contributed by atoms with Gasteiger partial charge in [-0.1, -0.05) is 12.1 Å². The minimum absolute atomic E-state index is 0.168. The van der Waals surface area contributed by atoms with E-state index in [-0.39, 0.29) is 11.9 Å². The molecule has 21 heavy (non-hydrogen) atoms. The first-order chi connectivity index (χ1) is 10.1. The van der Waals surface area contributed by atoms with Crippen LogP contribution in [0, 0.1) is 5.82 Å². The summed E-state index contributed by atoms with van der Waals surface area (Å²) >= 11 is 0. The second-order valence-electron chi connectivity index (χ2n) is 6.02. The Bertz CT molecular complexity index is 471. The number of likely N-dealkylation sites (tertiary alicyclic amines) is 1. The monoisotopic (exact) mass is 295 g/mol. The van der Waals surface area contributed by atoms with Crippen LogP contribution < -0.4 is 0 Å². The lowest BCUT2D eigenvalue weighted by Crippen LogP contribution is -2.46. The Morgan fingerprint density at radius 2 is 2.00 bits per heavy atom. The molecule has 0 saturated carbocycles. The van der Waals surface area contributed by atoms with Gasteiger partial charge in [0, 0.05) is 32.5 Å². The van der Waals surface area contributed by atoms with Crippen molar-refractivity contribution in [3.8, 4) is 0 Å². The summed E-state index contributed by atoms with van der Waals surface area (Å²) in [6, 6.07) is 6.03. The Labute approximate surface area is 124 Å². The van der Waals surface area contributed by atoms with Crippen molar-refractivity contribution in [3.63, 3.8) is 0 Å². The maximum atomic E-state index is 12.9. The molecule has 2 fully saturated rings. The molecule has 2 unspecified atom stereocenters. The first kappa shape index (κ1) is 14.9. The molecule has 1 aromatic rings. The number of aliphatic hydroxyl groups is 1. The van der Waals surface area contributed by atoms with Gasteiger partial charge in [0.25, 0.3) is 0 Å². The lowest BCUT2D eigenvalue weighted by molar-refractivity contribution is -0.194. The average molecular weight is 295 g/mol. The van der Waals surface area contributed by atoms with Gasteiger partial charge in [-0.15, -0.1) is 0 Å². The summed E-state index contributed by atoms with van der Waals surface area (Å²) in [4.78, 5) is 2.20. The molecule has 1 spiro atoms. The number of hydrogen-bond donors (Lipinski definition) is 1. The van der Waals surface area contributed by atoms with Crippen LogP contribution >= 0.6 is 0 Å². The molecule has 2 aliphatic rings. The van der Waals surface area contributed by atoms with Gasteiger partial charge in [0.1, 0.15) is 5.82 Å². The topological polar surface area (TPSA) is 41.9 Å². The Kier molecular flexibility index (Phi) is 4.26. The Balaban J connectivity index is 1.52. The number of halogens is 1. The first-order valence-electron chi connectivity index (χ1n) is 7.54. The van der Waals surface area contributed by atoms with Crippen LogP contribution in [0.5, 0.6) is 0 Å². The van der Waals surface area contributed by atoms with Crippen LogP contribution in [0.25, 0.3) is 0 Å². The molecule has 0 aliphatic carbocycles. The molecule has 1 aromatic carbocycles. The van der Waals surface area contributed by atoms with Crippen molar-refractivity contribution in [1.29, 1.82) is 0 Å². The molecule has 2 heterocycles. The normalized spacial score (nSPS) is 27.1. The molecule has 0 bridgehead atoms. The van der Waals surface area contributed by atoms with E-state index in [1.165, 1.54) is 12.1 Å². The summed E-state index contributed by atoms with van der Waals surface area (Å²) < 4.78 is 24.6. The molecule has 1 N–H and O–H groups in total. The third-order valence-corrected chi connectivity index (χ3v) is 4.30. The zero-order valence-electron chi connectivity index (χ0n) is 12.3. The maximum absolute atomic E-state index is 12.9. The molecule has 116 valence electrons. The standard InChI is InChI=1S/C16H22FNO3/c1-12-11-20-16(21-12)6-8-18(9-7-16)10-15(19)13-2-4-14(17)5-3-13/h2-5,12,15,19H,6-11H2,1H3. The van der Waals surface area contributed by atoms with Crippen molar-refractivity contribution in [2.45, 2.75) is 37.8 Å². The SMILES string of the molecule is CC1COC2(CCN(CC(O)c3ccc(F)cc3)CC2)O1. The number of nitrogens with zero attached hydrogens (tertiary/aromatic N) is 1. The number of β-amino-alcohol motifs (C(OH)–C–C–N with tert-alkyl or cyclic N) is 1. The minimum Gasteiger partial charge on any atom is -0.387 e. The number of rotatable bonds is 3. The van der Waals surface area contributed by atoms with E-state index in [1.54, 1.807) is 12.1 Å². The van der Waals surface area contributed by atoms with Crippen molar-refractivity contribution in [2.24, 2.45) is 0 Å². The lowest BCUT2D eigenvalue weighted by atomic mass is 10.0. The molecule has 2 saturated heterocycles. The van der Waals surface area contributed by atoms with Crippen molar-refractivity contribution >= 4 is 0 Å². The quantitative estimate of drug-likeness (QED) is 0.927. The van der Waals surface area contributed by atoms with E-state index in [2.05, 4.69) is 4.90 Å². The number of hydrogen-bond acceptors (Lipinski definition) is 4. The fraction of sp³-hybridized carbons (Fsp3) is 0.625. The molecule has 2 aliphatic heterocycles. The zero-order valence-corrected chi connectivity index (χ0v) is 12.3. The largest absolute Gasteiger partial charge is 0.387 e. The van der Waals surface area contributed by atoms with Gasteiger partial charge >= 0.3 is 0 Å². The van der Waals surface area contributed by atoms with Gasteiger partial charge in [0.15, 0.2) is 5.79 Å². The van der Waals surface area contributed by atoms with Crippen LogP contribution in [0.2, 0.25) is 0 Å². The van der Waals surface area contributed by atoms with Crippen LogP contribution in [-0.4, -0.2) is 48.1 Å². The average Bonchev–Trinajstić information content (AvgIpc) is 2.83. The predicted octanol–water partition coefficient (Wildman–Crippen LogP) is 2.09. The Hall–Kier alpha value is -1.01. The molecular formula is C16H22FNO3. The van der Waals surface area contributed by atoms with E-state index in [1.807, 2.05) is 6.92 Å². The van der Waals surface area contributed by atoms with E-state index < -0.39 is 11.9 Å². The number of aliphatic hydroxyl groups excluding tert-OH is 1. The van der Waals surface area contributed by atoms with E-state index in [0.717, 1.165) is 31.5 Å². The third-order valence-electron chi connectivity index (χ3n) is 4.30. The molecule has 2 atom stereocenters. The lowest BCUT2D eigenvalue weighted by Gasteiger charge is -2.38. The van der Waals surface area contributed by atoms with Crippen molar-refractivity contribution in [3.05, 3.63) is 35.6 Å². The van der Waals surface area contributed by atoms with Gasteiger partial charge < -0.3 is 19.5 Å². The Morgan fingerprint density at radius 3 is 2.57 bits per heavy atom. The summed E-state index contributed by atoms with van der Waals surface area (Å²) in [5.41, 5.74) is 0.749. The molecule has 0 radical (unpaired) electrons. The first-order valence-corrected chi connectivity index (χ1v) is 7.54. The summed E-state index contributed by atoms with van der Waals surface area (Å²) in [6.45, 7) is 4.92. The fourth-order valence-electron chi connectivity index (χ4n) is 3.08. The van der Waals surface area contributed by atoms with Gasteiger partial charge in [-0.05, 0) is 24.6 Å². The van der Waals surface area contributed by atoms with Crippen LogP contribution in [0.3, 0.4) is 0 Å². The van der Waals surface area contributed by atoms with Gasteiger partial charge in [0.2, 0.25) is 0 Å². The van der Waals surface area contributed by atoms with Gasteiger partial charge in [0.05, 0.1) is 18.8 Å². The second kappa shape index (κ2) is 6.01. The highest BCUT2D eigenvalue weighted by Crippen LogP contribution is 2.34. The van der Waals surface area contributed by atoms with Crippen LogP contribution in [0.1, 0.15) is 31.4 Å². The highest BCUT2D eigenvalue weighted by Gasteiger charge is 2.42. The molecule has 5 heteroatoms. The molecule has 0 aromatic heterocycles. The highest BCUT2D eigenvalue weighted by atomic mass is 19.1. The summed E-state index contributed by atoms with van der Waals surface area (Å²) in [7, 11) is 0. The smallest absolute Gasteiger partial charge is 0.171 e. The maximum Gasteiger partial charge on any atom is 0.171 e. The van der Waals surface area contributed by atoms with Crippen molar-refractivity contribution in [2.75, 3.05) is 26.2 Å². The molecule has 3 rings (SSSR count). The van der Waals surface area contributed by atoms with Crippen molar-refractivity contribution < 1.29 is 19.0 Å². The van der Waals surface area contributed by atoms with E-state index in [0.29, 0.717) is 13.2 Å². The highest BCUT2D eigenvalue weighted by molar-refractivity contribution is 5.18. The number of ether oxygens (including phenoxy) is 2. The molecule has 0 amide bonds. The fourth-order valence-corrected chi connectivity index (χ4v) is 3.08. The predicted molar refractivity (Wildman–Crippen MR) is 76.3 cm³/mol. The van der Waals surface area contributed by atoms with Gasteiger partial charge in [-0.2, -0.15) is 0 Å². The van der Waals surface area contributed by atoms with Gasteiger partial charge in [-0.25, -0.2) is 4.39 Å². The Morgan fingerprint density at radius 1 is 1.33 bits per heavy atom. The third kappa shape index (κ3) is 3.43. The van der Waals surface area contributed by atoms with E-state index in [4.69, 9.17) is 9.47 Å². The molecule has 4 nitrogen and oxygen atoms in total. The van der Waals surface area contributed by atoms with Crippen LogP contribution in [-0.2, 0) is 9.47 Å². The van der Waals surface area contributed by atoms with Crippen LogP contribution in [0.4, 0.5) is 4.39 Å². The van der Waals surface area contributed by atoms with E-state index >= 15 is 0 Å². The summed E-state index contributed by atoms with van der Waals surface area (Å²) in [5, 5.41) is 10.2. The number of piperidine rings is 1. The second-order valence-corrected chi connectivity index (χ2v) is 6.02. The summed E-state index contributed by atoms with van der Waals surface area (Å²) in [6.07, 6.45) is 1.23. The number of benzene rings is 1. The zero-order chi connectivity index (χ0) is 14.9. The van der Waals surface area contributed by atoms with Gasteiger partial charge in [-0.3, -0.25) is 0 Å². The van der Waals surface area contributed by atoms with Crippen molar-refractivity contribution in [1.82, 2.24) is 4.90 Å². The van der Waals surface area contributed by atoms with Crippen LogP contribution in [0.15, 0.2) is 24.3 Å².